The molecule has 0 radical (unpaired) electrons. The Morgan fingerprint density at radius 3 is 2.89 bits per heavy atom. The van der Waals surface area contributed by atoms with Crippen molar-refractivity contribution in [3.63, 3.8) is 0 Å². The smallest absolute Gasteiger partial charge is 0.231 e. The molecule has 0 amide bonds. The van der Waals surface area contributed by atoms with Crippen LogP contribution >= 0.6 is 15.9 Å². The molecule has 1 aliphatic heterocycles. The number of fused-ring (bicyclic) bond motifs is 1. The van der Waals surface area contributed by atoms with Crippen LogP contribution in [0.2, 0.25) is 0 Å². The number of benzene rings is 1. The van der Waals surface area contributed by atoms with Crippen molar-refractivity contribution in [3.05, 3.63) is 35.1 Å². The number of nitrogen functional groups attached to an aromatic ring is 1. The van der Waals surface area contributed by atoms with Crippen LogP contribution in [0, 0.1) is 0 Å². The van der Waals surface area contributed by atoms with E-state index in [1.165, 1.54) is 6.20 Å². The van der Waals surface area contributed by atoms with Gasteiger partial charge in [0.25, 0.3) is 0 Å². The van der Waals surface area contributed by atoms with Crippen molar-refractivity contribution >= 4 is 21.6 Å². The summed E-state index contributed by atoms with van der Waals surface area (Å²) in [6, 6.07) is 5.34. The van der Waals surface area contributed by atoms with Crippen LogP contribution in [0.3, 0.4) is 0 Å². The van der Waals surface area contributed by atoms with Gasteiger partial charge in [0, 0.05) is 12.3 Å². The van der Waals surface area contributed by atoms with Crippen molar-refractivity contribution in [3.8, 4) is 23.0 Å². The standard InChI is InChI=1S/C12H9BrN2O3/c13-8-4-15-5-9(14)12(8)18-7-1-2-10-11(3-7)17-6-16-10/h1-5H,6,14H2. The maximum Gasteiger partial charge on any atom is 0.231 e. The van der Waals surface area contributed by atoms with Crippen LogP contribution in [-0.2, 0) is 0 Å². The predicted molar refractivity (Wildman–Crippen MR) is 69.0 cm³/mol. The topological polar surface area (TPSA) is 66.6 Å². The molecule has 92 valence electrons. The molecule has 1 aliphatic rings. The summed E-state index contributed by atoms with van der Waals surface area (Å²) in [4.78, 5) is 3.95. The fourth-order valence-corrected chi connectivity index (χ4v) is 2.03. The Hall–Kier alpha value is -1.95. The highest BCUT2D eigenvalue weighted by Crippen LogP contribution is 2.39. The first-order valence-electron chi connectivity index (χ1n) is 5.20. The first-order valence-corrected chi connectivity index (χ1v) is 6.00. The van der Waals surface area contributed by atoms with Crippen molar-refractivity contribution in [1.82, 2.24) is 4.98 Å². The number of pyridine rings is 1. The third-order valence-electron chi connectivity index (χ3n) is 2.44. The summed E-state index contributed by atoms with van der Waals surface area (Å²) in [6.45, 7) is 0.236. The van der Waals surface area contributed by atoms with Gasteiger partial charge < -0.3 is 19.9 Å². The van der Waals surface area contributed by atoms with Gasteiger partial charge >= 0.3 is 0 Å². The monoisotopic (exact) mass is 308 g/mol. The number of anilines is 1. The molecule has 1 aromatic carbocycles. The molecule has 2 N–H and O–H groups in total. The van der Waals surface area contributed by atoms with Crippen LogP contribution in [0.1, 0.15) is 0 Å². The molecular formula is C12H9BrN2O3. The fraction of sp³-hybridized carbons (Fsp3) is 0.0833. The Kier molecular flexibility index (Phi) is 2.71. The quantitative estimate of drug-likeness (QED) is 0.924. The van der Waals surface area contributed by atoms with Crippen molar-refractivity contribution in [2.45, 2.75) is 0 Å². The highest BCUT2D eigenvalue weighted by Gasteiger charge is 2.15. The first kappa shape index (κ1) is 11.2. The number of ether oxygens (including phenoxy) is 3. The summed E-state index contributed by atoms with van der Waals surface area (Å²) < 4.78 is 16.9. The summed E-state index contributed by atoms with van der Waals surface area (Å²) in [5.41, 5.74) is 6.27. The van der Waals surface area contributed by atoms with Crippen molar-refractivity contribution < 1.29 is 14.2 Å². The van der Waals surface area contributed by atoms with Crippen LogP contribution in [0.15, 0.2) is 35.1 Å². The zero-order valence-electron chi connectivity index (χ0n) is 9.22. The van der Waals surface area contributed by atoms with Crippen molar-refractivity contribution in [2.75, 3.05) is 12.5 Å². The minimum atomic E-state index is 0.236. The highest BCUT2D eigenvalue weighted by molar-refractivity contribution is 9.10. The van der Waals surface area contributed by atoms with E-state index in [1.54, 1.807) is 24.4 Å². The molecule has 2 aromatic rings. The van der Waals surface area contributed by atoms with Gasteiger partial charge in [-0.2, -0.15) is 0 Å². The lowest BCUT2D eigenvalue weighted by Gasteiger charge is -2.10. The van der Waals surface area contributed by atoms with Crippen LogP contribution in [0.5, 0.6) is 23.0 Å². The van der Waals surface area contributed by atoms with Gasteiger partial charge in [0.2, 0.25) is 6.79 Å². The van der Waals surface area contributed by atoms with Gasteiger partial charge in [-0.25, -0.2) is 0 Å². The number of nitrogens with zero attached hydrogens (tertiary/aromatic N) is 1. The summed E-state index contributed by atoms with van der Waals surface area (Å²) in [5, 5.41) is 0. The zero-order valence-corrected chi connectivity index (χ0v) is 10.8. The van der Waals surface area contributed by atoms with E-state index in [0.717, 1.165) is 0 Å². The molecule has 0 unspecified atom stereocenters. The lowest BCUT2D eigenvalue weighted by Crippen LogP contribution is -1.94. The van der Waals surface area contributed by atoms with Crippen molar-refractivity contribution in [1.29, 1.82) is 0 Å². The summed E-state index contributed by atoms with van der Waals surface area (Å²) >= 11 is 3.34. The molecule has 0 fully saturated rings. The highest BCUT2D eigenvalue weighted by atomic mass is 79.9. The van der Waals surface area contributed by atoms with E-state index in [4.69, 9.17) is 19.9 Å². The maximum absolute atomic E-state index is 5.81. The van der Waals surface area contributed by atoms with E-state index in [0.29, 0.717) is 33.2 Å². The van der Waals surface area contributed by atoms with E-state index in [-0.39, 0.29) is 6.79 Å². The van der Waals surface area contributed by atoms with Gasteiger partial charge in [-0.1, -0.05) is 0 Å². The van der Waals surface area contributed by atoms with Crippen LogP contribution < -0.4 is 19.9 Å². The Bertz CT molecular complexity index is 584. The van der Waals surface area contributed by atoms with Gasteiger partial charge in [0.05, 0.1) is 16.4 Å². The fourth-order valence-electron chi connectivity index (χ4n) is 1.60. The summed E-state index contributed by atoms with van der Waals surface area (Å²) in [7, 11) is 0. The number of hydrogen-bond acceptors (Lipinski definition) is 5. The number of nitrogens with two attached hydrogens (primary N) is 1. The van der Waals surface area contributed by atoms with Gasteiger partial charge in [-0.3, -0.25) is 4.98 Å². The average Bonchev–Trinajstić information content (AvgIpc) is 2.81. The lowest BCUT2D eigenvalue weighted by atomic mass is 10.3. The minimum absolute atomic E-state index is 0.236. The molecule has 0 spiro atoms. The molecule has 0 bridgehead atoms. The molecule has 0 atom stereocenters. The molecule has 6 heteroatoms. The predicted octanol–water partition coefficient (Wildman–Crippen LogP) is 2.95. The van der Waals surface area contributed by atoms with Gasteiger partial charge in [-0.15, -0.1) is 0 Å². The summed E-state index contributed by atoms with van der Waals surface area (Å²) in [6.07, 6.45) is 3.16. The maximum atomic E-state index is 5.81. The van der Waals surface area contributed by atoms with E-state index < -0.39 is 0 Å². The van der Waals surface area contributed by atoms with Crippen LogP contribution in [0.4, 0.5) is 5.69 Å². The van der Waals surface area contributed by atoms with E-state index in [1.807, 2.05) is 0 Å². The molecule has 0 aliphatic carbocycles. The number of rotatable bonds is 2. The Balaban J connectivity index is 1.93. The lowest BCUT2D eigenvalue weighted by molar-refractivity contribution is 0.174. The third kappa shape index (κ3) is 1.95. The Morgan fingerprint density at radius 1 is 1.22 bits per heavy atom. The molecule has 0 saturated heterocycles. The largest absolute Gasteiger partial charge is 0.454 e. The van der Waals surface area contributed by atoms with Gasteiger partial charge in [0.1, 0.15) is 5.75 Å². The molecule has 3 rings (SSSR count). The number of halogens is 1. The second kappa shape index (κ2) is 4.38. The van der Waals surface area contributed by atoms with Crippen LogP contribution in [-0.4, -0.2) is 11.8 Å². The molecule has 18 heavy (non-hydrogen) atoms. The van der Waals surface area contributed by atoms with E-state index in [9.17, 15) is 0 Å². The zero-order chi connectivity index (χ0) is 12.5. The van der Waals surface area contributed by atoms with E-state index in [2.05, 4.69) is 20.9 Å². The van der Waals surface area contributed by atoms with Crippen molar-refractivity contribution in [2.24, 2.45) is 0 Å². The number of hydrogen-bond donors (Lipinski definition) is 1. The number of aromatic nitrogens is 1. The SMILES string of the molecule is Nc1cncc(Br)c1Oc1ccc2c(c1)OCO2. The first-order chi connectivity index (χ1) is 8.74. The second-order valence-corrected chi connectivity index (χ2v) is 4.51. The van der Waals surface area contributed by atoms with Crippen LogP contribution in [0.25, 0.3) is 0 Å². The third-order valence-corrected chi connectivity index (χ3v) is 3.01. The molecule has 2 heterocycles. The van der Waals surface area contributed by atoms with E-state index >= 15 is 0 Å². The molecule has 0 saturated carbocycles. The Labute approximate surface area is 112 Å². The molecule has 5 nitrogen and oxygen atoms in total. The average molecular weight is 309 g/mol. The van der Waals surface area contributed by atoms with Gasteiger partial charge in [-0.05, 0) is 28.1 Å². The second-order valence-electron chi connectivity index (χ2n) is 3.66. The minimum Gasteiger partial charge on any atom is -0.454 e. The Morgan fingerprint density at radius 2 is 2.06 bits per heavy atom. The molecular weight excluding hydrogens is 300 g/mol. The van der Waals surface area contributed by atoms with Gasteiger partial charge in [0.15, 0.2) is 17.2 Å². The normalized spacial score (nSPS) is 12.5. The molecule has 1 aromatic heterocycles. The summed E-state index contributed by atoms with van der Waals surface area (Å²) in [5.74, 6) is 2.53.